The van der Waals surface area contributed by atoms with Crippen molar-refractivity contribution < 1.29 is 17.9 Å². The zero-order valence-corrected chi connectivity index (χ0v) is 22.7. The number of aromatic nitrogens is 2. The summed E-state index contributed by atoms with van der Waals surface area (Å²) in [4.78, 5) is 14.7. The summed E-state index contributed by atoms with van der Waals surface area (Å²) >= 11 is 12.7. The van der Waals surface area contributed by atoms with E-state index in [1.54, 1.807) is 47.1 Å². The maximum Gasteiger partial charge on any atom is 0.271 e. The average Bonchev–Trinajstić information content (AvgIpc) is 3.54. The molecule has 0 fully saturated rings. The van der Waals surface area contributed by atoms with Crippen LogP contribution < -0.4 is 16.6 Å². The minimum absolute atomic E-state index is 0.0232. The van der Waals surface area contributed by atoms with Crippen LogP contribution in [-0.4, -0.2) is 48.7 Å². The van der Waals surface area contributed by atoms with Crippen molar-refractivity contribution in [1.82, 2.24) is 20.5 Å². The number of para-hydroxylation sites is 1. The molecule has 1 amide bonds. The van der Waals surface area contributed by atoms with E-state index >= 15 is 0 Å². The number of sulfone groups is 1. The van der Waals surface area contributed by atoms with Crippen LogP contribution in [0.5, 0.6) is 0 Å². The van der Waals surface area contributed by atoms with Gasteiger partial charge in [-0.1, -0.05) is 35.9 Å². The first-order chi connectivity index (χ1) is 17.7. The zero-order valence-electron chi connectivity index (χ0n) is 19.5. The van der Waals surface area contributed by atoms with Crippen molar-refractivity contribution in [2.75, 3.05) is 19.4 Å². The second kappa shape index (κ2) is 11.4. The Labute approximate surface area is 228 Å². The highest BCUT2D eigenvalue weighted by molar-refractivity contribution is 7.90. The zero-order chi connectivity index (χ0) is 26.6. The van der Waals surface area contributed by atoms with Crippen molar-refractivity contribution >= 4 is 56.1 Å². The van der Waals surface area contributed by atoms with Crippen LogP contribution in [0.25, 0.3) is 26.7 Å². The van der Waals surface area contributed by atoms with Crippen molar-refractivity contribution in [3.05, 3.63) is 77.4 Å². The average molecular weight is 576 g/mol. The lowest BCUT2D eigenvalue weighted by atomic mass is 10.2. The summed E-state index contributed by atoms with van der Waals surface area (Å²) in [7, 11) is -3.34. The molecule has 4 rings (SSSR count). The van der Waals surface area contributed by atoms with E-state index in [2.05, 4.69) is 15.8 Å². The summed E-state index contributed by atoms with van der Waals surface area (Å²) in [6, 6.07) is 19.4. The van der Waals surface area contributed by atoms with Gasteiger partial charge < -0.3 is 10.1 Å². The van der Waals surface area contributed by atoms with Gasteiger partial charge in [-0.2, -0.15) is 5.10 Å². The molecular weight excluding hydrogens is 554 g/mol. The number of ether oxygens (including phenoxy) is 1. The number of halogens is 1. The van der Waals surface area contributed by atoms with Crippen molar-refractivity contribution in [2.45, 2.75) is 4.90 Å². The summed E-state index contributed by atoms with van der Waals surface area (Å²) in [5.41, 5.74) is 4.41. The molecule has 13 heteroatoms. The second-order valence-corrected chi connectivity index (χ2v) is 11.7. The molecule has 0 radical (unpaired) electrons. The molecule has 2 heterocycles. The van der Waals surface area contributed by atoms with E-state index in [9.17, 15) is 13.2 Å². The third-order valence-electron chi connectivity index (χ3n) is 5.17. The minimum atomic E-state index is -3.34. The number of thiocarbonyl (C=S) groups is 1. The number of hydrazine groups is 1. The molecule has 0 spiro atoms. The lowest BCUT2D eigenvalue weighted by Gasteiger charge is -2.08. The van der Waals surface area contributed by atoms with Crippen LogP contribution in [0, 0.1) is 0 Å². The summed E-state index contributed by atoms with van der Waals surface area (Å²) in [6.07, 6.45) is 1.18. The van der Waals surface area contributed by atoms with E-state index in [-0.39, 0.29) is 28.9 Å². The quantitative estimate of drug-likeness (QED) is 0.125. The van der Waals surface area contributed by atoms with Crippen LogP contribution in [0.4, 0.5) is 0 Å². The van der Waals surface area contributed by atoms with E-state index < -0.39 is 15.7 Å². The Bertz CT molecular complexity index is 1570. The largest absolute Gasteiger partial charge is 0.468 e. The van der Waals surface area contributed by atoms with Gasteiger partial charge in [0.1, 0.15) is 6.61 Å². The molecule has 37 heavy (non-hydrogen) atoms. The van der Waals surface area contributed by atoms with Gasteiger partial charge >= 0.3 is 0 Å². The van der Waals surface area contributed by atoms with E-state index in [1.807, 2.05) is 24.3 Å². The summed E-state index contributed by atoms with van der Waals surface area (Å²) < 4.78 is 30.8. The van der Waals surface area contributed by atoms with Crippen molar-refractivity contribution in [3.8, 4) is 26.7 Å². The maximum absolute atomic E-state index is 12.8. The second-order valence-electron chi connectivity index (χ2n) is 7.78. The molecule has 4 aromatic rings. The number of nitrogens with two attached hydrogens (primary N) is 1. The molecule has 2 aromatic carbocycles. The number of rotatable bonds is 8. The number of benzene rings is 2. The van der Waals surface area contributed by atoms with E-state index in [0.29, 0.717) is 16.4 Å². The Morgan fingerprint density at radius 1 is 1.14 bits per heavy atom. The van der Waals surface area contributed by atoms with Gasteiger partial charge in [-0.05, 0) is 60.2 Å². The molecule has 192 valence electrons. The first kappa shape index (κ1) is 26.8. The third kappa shape index (κ3) is 6.35. The van der Waals surface area contributed by atoms with E-state index in [4.69, 9.17) is 34.4 Å². The minimum Gasteiger partial charge on any atom is -0.468 e. The van der Waals surface area contributed by atoms with Crippen molar-refractivity contribution in [3.63, 3.8) is 0 Å². The molecule has 0 atom stereocenters. The summed E-state index contributed by atoms with van der Waals surface area (Å²) in [6.45, 7) is 0.322. The molecule has 0 saturated heterocycles. The SMILES string of the molecule is CS(=O)(=O)c1cccc(-c2ccc(-c3cc(C(=O)NCCOC(=S)NN)nn3-c3ccccc3Cl)s2)c1. The lowest BCUT2D eigenvalue weighted by molar-refractivity contribution is 0.0940. The molecule has 0 aliphatic carbocycles. The summed E-state index contributed by atoms with van der Waals surface area (Å²) in [5, 5.41) is 7.75. The number of carbonyl (C=O) groups is 1. The molecule has 9 nitrogen and oxygen atoms in total. The van der Waals surface area contributed by atoms with E-state index in [0.717, 1.165) is 15.3 Å². The fourth-order valence-corrected chi connectivity index (χ4v) is 5.40. The molecule has 4 N–H and O–H groups in total. The topological polar surface area (TPSA) is 128 Å². The Morgan fingerprint density at radius 3 is 2.62 bits per heavy atom. The fraction of sp³-hybridized carbons (Fsp3) is 0.125. The Kier molecular flexibility index (Phi) is 8.25. The monoisotopic (exact) mass is 575 g/mol. The van der Waals surface area contributed by atoms with Gasteiger partial charge in [0.15, 0.2) is 15.5 Å². The molecular formula is C24H22ClN5O4S3. The number of carbonyl (C=O) groups excluding carboxylic acids is 1. The summed E-state index contributed by atoms with van der Waals surface area (Å²) in [5.74, 6) is 4.76. The standard InChI is InChI=1S/C24H22ClN5O4S3/c1-37(32,33)16-6-4-5-15(13-16)21-9-10-22(36-21)20-14-18(23(31)27-11-12-34-24(35)28-26)29-30(20)19-8-3-2-7-17(19)25/h2-10,13-14H,11-12,26H2,1H3,(H,27,31)(H,28,35). The Morgan fingerprint density at radius 2 is 1.89 bits per heavy atom. The lowest BCUT2D eigenvalue weighted by Crippen LogP contribution is -2.34. The molecule has 0 unspecified atom stereocenters. The number of thiophene rings is 1. The fourth-order valence-electron chi connectivity index (χ4n) is 3.43. The first-order valence-corrected chi connectivity index (χ1v) is 14.3. The Hall–Kier alpha value is -3.29. The number of nitrogens with zero attached hydrogens (tertiary/aromatic N) is 2. The van der Waals surface area contributed by atoms with Crippen LogP contribution in [0.3, 0.4) is 0 Å². The Balaban J connectivity index is 1.67. The normalized spacial score (nSPS) is 11.2. The van der Waals surface area contributed by atoms with Gasteiger partial charge in [-0.15, -0.1) is 11.3 Å². The van der Waals surface area contributed by atoms with Crippen molar-refractivity contribution in [2.24, 2.45) is 5.84 Å². The first-order valence-electron chi connectivity index (χ1n) is 10.8. The highest BCUT2D eigenvalue weighted by atomic mass is 35.5. The van der Waals surface area contributed by atoms with Crippen LogP contribution in [0.1, 0.15) is 10.5 Å². The molecule has 0 aliphatic rings. The van der Waals surface area contributed by atoms with Crippen LogP contribution in [-0.2, 0) is 14.6 Å². The number of hydrogen-bond donors (Lipinski definition) is 3. The van der Waals surface area contributed by atoms with Crippen LogP contribution >= 0.6 is 35.2 Å². The van der Waals surface area contributed by atoms with Gasteiger partial charge in [0.25, 0.3) is 11.1 Å². The molecule has 0 aliphatic heterocycles. The predicted octanol–water partition coefficient (Wildman–Crippen LogP) is 3.82. The van der Waals surface area contributed by atoms with Crippen molar-refractivity contribution in [1.29, 1.82) is 0 Å². The number of amides is 1. The number of nitrogens with one attached hydrogen (secondary N) is 2. The van der Waals surface area contributed by atoms with Gasteiger partial charge in [0, 0.05) is 11.1 Å². The van der Waals surface area contributed by atoms with Gasteiger partial charge in [0.05, 0.1) is 32.7 Å². The third-order valence-corrected chi connectivity index (χ3v) is 7.99. The van der Waals surface area contributed by atoms with Gasteiger partial charge in [0.2, 0.25) is 0 Å². The van der Waals surface area contributed by atoms with Crippen LogP contribution in [0.15, 0.2) is 71.6 Å². The van der Waals surface area contributed by atoms with E-state index in [1.165, 1.54) is 17.6 Å². The number of hydrogen-bond acceptors (Lipinski definition) is 8. The highest BCUT2D eigenvalue weighted by Gasteiger charge is 2.20. The smallest absolute Gasteiger partial charge is 0.271 e. The predicted molar refractivity (Wildman–Crippen MR) is 149 cm³/mol. The molecule has 0 bridgehead atoms. The van der Waals surface area contributed by atoms with Crippen LogP contribution in [0.2, 0.25) is 5.02 Å². The van der Waals surface area contributed by atoms with Gasteiger partial charge in [-0.3, -0.25) is 10.2 Å². The van der Waals surface area contributed by atoms with Gasteiger partial charge in [-0.25, -0.2) is 18.9 Å². The molecule has 2 aromatic heterocycles. The molecule has 0 saturated carbocycles. The highest BCUT2D eigenvalue weighted by Crippen LogP contribution is 2.37. The maximum atomic E-state index is 12.8.